The number of pyridine rings is 1. The normalized spacial score (nSPS) is 13.7. The fourth-order valence-corrected chi connectivity index (χ4v) is 2.32. The monoisotopic (exact) mass is 269 g/mol. The average Bonchev–Trinajstić information content (AvgIpc) is 2.96. The van der Waals surface area contributed by atoms with E-state index in [0.717, 1.165) is 11.4 Å². The number of aromatic nitrogens is 2. The predicted octanol–water partition coefficient (Wildman–Crippen LogP) is 1.59. The van der Waals surface area contributed by atoms with Gasteiger partial charge in [-0.1, -0.05) is 6.07 Å². The van der Waals surface area contributed by atoms with Crippen LogP contribution in [-0.2, 0) is 16.1 Å². The molecule has 0 saturated carbocycles. The van der Waals surface area contributed by atoms with Crippen LogP contribution in [0, 0.1) is 0 Å². The topological polar surface area (TPSA) is 47.4 Å². The van der Waals surface area contributed by atoms with Crippen LogP contribution in [0.2, 0.25) is 0 Å². The van der Waals surface area contributed by atoms with Crippen molar-refractivity contribution in [3.63, 3.8) is 0 Å². The van der Waals surface area contributed by atoms with Crippen LogP contribution in [0.5, 0.6) is 0 Å². The van der Waals surface area contributed by atoms with Gasteiger partial charge in [0.05, 0.1) is 37.2 Å². The summed E-state index contributed by atoms with van der Waals surface area (Å²) in [6.07, 6.45) is 5.61. The zero-order valence-corrected chi connectivity index (χ0v) is 11.2. The highest BCUT2D eigenvalue weighted by Crippen LogP contribution is 2.18. The number of hydrogen-bond donors (Lipinski definition) is 0. The number of carbonyl (C=O) groups is 1. The molecule has 2 aromatic rings. The molecule has 5 nitrogen and oxygen atoms in total. The smallest absolute Gasteiger partial charge is 0.335 e. The fourth-order valence-electron chi connectivity index (χ4n) is 2.32. The van der Waals surface area contributed by atoms with Gasteiger partial charge in [0.2, 0.25) is 0 Å². The van der Waals surface area contributed by atoms with Crippen LogP contribution >= 0.6 is 0 Å². The second kappa shape index (κ2) is 5.21. The summed E-state index contributed by atoms with van der Waals surface area (Å²) in [5.41, 5.74) is 2.57. The summed E-state index contributed by atoms with van der Waals surface area (Å²) in [4.78, 5) is 16.1. The second-order valence-electron chi connectivity index (χ2n) is 4.58. The molecule has 20 heavy (non-hydrogen) atoms. The van der Waals surface area contributed by atoms with Gasteiger partial charge in [0.1, 0.15) is 0 Å². The summed E-state index contributed by atoms with van der Waals surface area (Å²) >= 11 is 0. The lowest BCUT2D eigenvalue weighted by Crippen LogP contribution is -2.40. The molecular weight excluding hydrogens is 254 g/mol. The first kappa shape index (κ1) is 12.5. The fraction of sp³-hybridized carbons (Fsp3) is 0.200. The highest BCUT2D eigenvalue weighted by molar-refractivity contribution is 5.94. The van der Waals surface area contributed by atoms with Crippen LogP contribution in [0.15, 0.2) is 48.3 Å². The summed E-state index contributed by atoms with van der Waals surface area (Å²) in [5.74, 6) is -0.288. The summed E-state index contributed by atoms with van der Waals surface area (Å²) in [7, 11) is 1.40. The van der Waals surface area contributed by atoms with Gasteiger partial charge in [-0.15, -0.1) is 0 Å². The zero-order valence-electron chi connectivity index (χ0n) is 11.2. The van der Waals surface area contributed by atoms with Crippen LogP contribution in [-0.4, -0.2) is 29.3 Å². The van der Waals surface area contributed by atoms with E-state index in [0.29, 0.717) is 18.7 Å². The Hall–Kier alpha value is -2.56. The van der Waals surface area contributed by atoms with Crippen molar-refractivity contribution >= 4 is 12.0 Å². The SMILES string of the molecule is COC(=O)C1=Cc2cccn2N(Cc2ccccn2)C1. The maximum Gasteiger partial charge on any atom is 0.335 e. The summed E-state index contributed by atoms with van der Waals surface area (Å²) < 4.78 is 6.85. The highest BCUT2D eigenvalue weighted by atomic mass is 16.5. The first-order valence-electron chi connectivity index (χ1n) is 6.39. The summed E-state index contributed by atoms with van der Waals surface area (Å²) in [5, 5.41) is 2.06. The molecule has 0 spiro atoms. The summed E-state index contributed by atoms with van der Waals surface area (Å²) in [6, 6.07) is 9.74. The third-order valence-electron chi connectivity index (χ3n) is 3.26. The largest absolute Gasteiger partial charge is 0.466 e. The van der Waals surface area contributed by atoms with Gasteiger partial charge in [0.15, 0.2) is 0 Å². The van der Waals surface area contributed by atoms with E-state index in [9.17, 15) is 4.79 Å². The van der Waals surface area contributed by atoms with E-state index in [4.69, 9.17) is 4.74 Å². The molecule has 0 unspecified atom stereocenters. The molecule has 5 heteroatoms. The quantitative estimate of drug-likeness (QED) is 0.794. The van der Waals surface area contributed by atoms with Crippen molar-refractivity contribution in [2.45, 2.75) is 6.54 Å². The first-order chi connectivity index (χ1) is 9.78. The Bertz CT molecular complexity index is 646. The van der Waals surface area contributed by atoms with Crippen LogP contribution in [0.25, 0.3) is 6.08 Å². The molecule has 0 radical (unpaired) electrons. The van der Waals surface area contributed by atoms with E-state index < -0.39 is 0 Å². The number of methoxy groups -OCH3 is 1. The number of rotatable bonds is 3. The van der Waals surface area contributed by atoms with Gasteiger partial charge in [0.25, 0.3) is 0 Å². The third kappa shape index (κ3) is 2.30. The van der Waals surface area contributed by atoms with Crippen LogP contribution in [0.4, 0.5) is 0 Å². The van der Waals surface area contributed by atoms with Crippen molar-refractivity contribution in [3.05, 3.63) is 59.7 Å². The molecular formula is C15H15N3O2. The number of ether oxygens (including phenoxy) is 1. The van der Waals surface area contributed by atoms with Crippen LogP contribution < -0.4 is 5.01 Å². The maximum atomic E-state index is 11.8. The average molecular weight is 269 g/mol. The molecule has 0 atom stereocenters. The van der Waals surface area contributed by atoms with Crippen molar-refractivity contribution in [1.82, 2.24) is 9.66 Å². The molecule has 0 fully saturated rings. The van der Waals surface area contributed by atoms with Gasteiger partial charge in [-0.3, -0.25) is 9.66 Å². The van der Waals surface area contributed by atoms with E-state index in [2.05, 4.69) is 9.99 Å². The predicted molar refractivity (Wildman–Crippen MR) is 75.5 cm³/mol. The molecule has 0 N–H and O–H groups in total. The van der Waals surface area contributed by atoms with Crippen LogP contribution in [0.3, 0.4) is 0 Å². The Morgan fingerprint density at radius 1 is 1.35 bits per heavy atom. The minimum absolute atomic E-state index is 0.288. The lowest BCUT2D eigenvalue weighted by atomic mass is 10.2. The summed E-state index contributed by atoms with van der Waals surface area (Å²) in [6.45, 7) is 1.14. The highest BCUT2D eigenvalue weighted by Gasteiger charge is 2.21. The lowest BCUT2D eigenvalue weighted by molar-refractivity contribution is -0.136. The number of fused-ring (bicyclic) bond motifs is 1. The molecule has 102 valence electrons. The van der Waals surface area contributed by atoms with Gasteiger partial charge >= 0.3 is 5.97 Å². The molecule has 2 aromatic heterocycles. The number of nitrogens with zero attached hydrogens (tertiary/aromatic N) is 3. The van der Waals surface area contributed by atoms with Gasteiger partial charge < -0.3 is 9.75 Å². The van der Waals surface area contributed by atoms with E-state index in [1.807, 2.05) is 47.3 Å². The van der Waals surface area contributed by atoms with Gasteiger partial charge in [-0.2, -0.15) is 0 Å². The molecule has 3 rings (SSSR count). The Balaban J connectivity index is 1.89. The number of hydrogen-bond acceptors (Lipinski definition) is 4. The molecule has 0 amide bonds. The van der Waals surface area contributed by atoms with E-state index in [1.54, 1.807) is 6.20 Å². The van der Waals surface area contributed by atoms with Crippen molar-refractivity contribution in [3.8, 4) is 0 Å². The Morgan fingerprint density at radius 3 is 3.00 bits per heavy atom. The van der Waals surface area contributed by atoms with Gasteiger partial charge in [0, 0.05) is 12.4 Å². The van der Waals surface area contributed by atoms with Crippen molar-refractivity contribution in [2.24, 2.45) is 0 Å². The number of esters is 1. The third-order valence-corrected chi connectivity index (χ3v) is 3.26. The molecule has 0 aliphatic carbocycles. The molecule has 0 aromatic carbocycles. The molecule has 0 saturated heterocycles. The minimum Gasteiger partial charge on any atom is -0.466 e. The van der Waals surface area contributed by atoms with E-state index >= 15 is 0 Å². The maximum absolute atomic E-state index is 11.8. The van der Waals surface area contributed by atoms with Crippen molar-refractivity contribution in [1.29, 1.82) is 0 Å². The van der Waals surface area contributed by atoms with Crippen LogP contribution in [0.1, 0.15) is 11.4 Å². The Labute approximate surface area is 117 Å². The minimum atomic E-state index is -0.288. The molecule has 1 aliphatic rings. The van der Waals surface area contributed by atoms with Crippen molar-refractivity contribution in [2.75, 3.05) is 18.7 Å². The Kier molecular flexibility index (Phi) is 3.25. The Morgan fingerprint density at radius 2 is 2.25 bits per heavy atom. The van der Waals surface area contributed by atoms with Gasteiger partial charge in [-0.25, -0.2) is 4.79 Å². The standard InChI is InChI=1S/C15H15N3O2/c1-20-15(19)12-9-14-6-4-8-18(14)17(10-12)11-13-5-2-3-7-16-13/h2-9H,10-11H2,1H3. The van der Waals surface area contributed by atoms with Gasteiger partial charge in [-0.05, 0) is 30.3 Å². The molecule has 1 aliphatic heterocycles. The number of carbonyl (C=O) groups excluding carboxylic acids is 1. The van der Waals surface area contributed by atoms with E-state index in [-0.39, 0.29) is 5.97 Å². The molecule has 0 bridgehead atoms. The second-order valence-corrected chi connectivity index (χ2v) is 4.58. The molecule has 3 heterocycles. The first-order valence-corrected chi connectivity index (χ1v) is 6.39. The zero-order chi connectivity index (χ0) is 13.9. The van der Waals surface area contributed by atoms with E-state index in [1.165, 1.54) is 7.11 Å². The van der Waals surface area contributed by atoms with Crippen molar-refractivity contribution < 1.29 is 9.53 Å². The lowest BCUT2D eigenvalue weighted by Gasteiger charge is -2.31.